The van der Waals surface area contributed by atoms with Crippen molar-refractivity contribution in [2.24, 2.45) is 0 Å². The summed E-state index contributed by atoms with van der Waals surface area (Å²) in [5.41, 5.74) is 15.5. The maximum absolute atomic E-state index is 12.3. The number of hydrogen-bond donors (Lipinski definition) is 0. The summed E-state index contributed by atoms with van der Waals surface area (Å²) in [6.45, 7) is 26.4. The molecule has 100 heavy (non-hydrogen) atoms. The first-order chi connectivity index (χ1) is 49.0. The van der Waals surface area contributed by atoms with Crippen LogP contribution >= 0.6 is 0 Å². The molecule has 19 nitrogen and oxygen atoms in total. The number of benzene rings is 4. The molecule has 514 valence electrons. The van der Waals surface area contributed by atoms with Crippen LogP contribution in [0.15, 0.2) is 190 Å². The first-order valence-corrected chi connectivity index (χ1v) is 36.0. The van der Waals surface area contributed by atoms with E-state index in [9.17, 15) is 14.4 Å². The summed E-state index contributed by atoms with van der Waals surface area (Å²) in [7, 11) is 2.18. The average Bonchev–Trinajstić information content (AvgIpc) is 1.62. The minimum Gasteiger partial charge on any atom is -0.371 e. The van der Waals surface area contributed by atoms with E-state index < -0.39 is 0 Å². The molecule has 6 fully saturated rings. The van der Waals surface area contributed by atoms with Crippen LogP contribution in [0.2, 0.25) is 0 Å². The van der Waals surface area contributed by atoms with Gasteiger partial charge in [0.2, 0.25) is 17.7 Å². The van der Waals surface area contributed by atoms with Gasteiger partial charge in [-0.05, 0) is 157 Å². The molecule has 0 aliphatic carbocycles. The van der Waals surface area contributed by atoms with E-state index in [1.165, 1.54) is 91.5 Å². The fourth-order valence-electron chi connectivity index (χ4n) is 15.8. The number of hydrogen-bond acceptors (Lipinski definition) is 13. The lowest BCUT2D eigenvalue weighted by Crippen LogP contribution is -2.46. The Bertz CT molecular complexity index is 4530. The highest BCUT2D eigenvalue weighted by Crippen LogP contribution is 2.38. The van der Waals surface area contributed by atoms with E-state index in [0.717, 1.165) is 164 Å². The van der Waals surface area contributed by atoms with Crippen molar-refractivity contribution in [3.63, 3.8) is 0 Å². The largest absolute Gasteiger partial charge is 0.371 e. The van der Waals surface area contributed by atoms with Gasteiger partial charge in [-0.1, -0.05) is 105 Å². The summed E-state index contributed by atoms with van der Waals surface area (Å²) in [5.74, 6) is -0.0289. The zero-order valence-corrected chi connectivity index (χ0v) is 57.9. The van der Waals surface area contributed by atoms with Gasteiger partial charge in [0.15, 0.2) is 0 Å². The summed E-state index contributed by atoms with van der Waals surface area (Å²) in [5, 5.41) is 18.3. The fraction of sp³-hybridized carbons (Fsp3) is 0.370. The number of aryl methyl sites for hydroxylation is 1. The van der Waals surface area contributed by atoms with Gasteiger partial charge >= 0.3 is 0 Å². The Morgan fingerprint density at radius 3 is 1.24 bits per heavy atom. The number of pyridine rings is 3. The van der Waals surface area contributed by atoms with Gasteiger partial charge in [-0.25, -0.2) is 0 Å². The molecule has 16 rings (SSSR count). The Morgan fingerprint density at radius 1 is 0.400 bits per heavy atom. The molecule has 0 saturated carbocycles. The minimum absolute atomic E-state index is 0.00129. The highest BCUT2D eigenvalue weighted by molar-refractivity contribution is 5.96. The molecule has 0 bridgehead atoms. The predicted octanol–water partition coefficient (Wildman–Crippen LogP) is 13.1. The molecule has 3 atom stereocenters. The smallest absolute Gasteiger partial charge is 0.246 e. The van der Waals surface area contributed by atoms with Gasteiger partial charge in [0.25, 0.3) is 0 Å². The standard InChI is InChI=1S/C30H38N6O.C26H24N4O.C25H30N6O/c1-2-29(37)35-18-6-7-26(22-35)36-28-12-15-31-21-27(28)30(32-36)23-8-10-24(11-9-23)34-19-13-25(14-20-34)33-16-4-3-5-17-33;1-3-25(31)29-14-12-22(17-29)30-24-11-13-27-16-23(24)26(28-30)20-9-7-19(8-10-20)21-6-4-5-18(2)15-21;1-3-24(32)30-12-4-5-21(18-30)31-23-10-11-26-17-22(23)25(27-31)19-6-8-20(9-7-19)29-15-13-28(2)14-16-29/h2,8-12,15,21,25-26H,1,3-7,13-14,16-20,22H2;3-11,13,15-16,22H,1,12,14,17H2,2H3;3,6-11,17,21H,1,4-5,12-16,18H2,2H3/t;22-;/m.1./s1. The van der Waals surface area contributed by atoms with Crippen LogP contribution in [0.5, 0.6) is 0 Å². The number of amides is 3. The number of carbonyl (C=O) groups excluding carboxylic acids is 3. The third-order valence-corrected chi connectivity index (χ3v) is 21.4. The molecule has 6 saturated heterocycles. The van der Waals surface area contributed by atoms with Crippen molar-refractivity contribution in [2.75, 3.05) is 108 Å². The van der Waals surface area contributed by atoms with Gasteiger partial charge in [0, 0.05) is 166 Å². The van der Waals surface area contributed by atoms with E-state index in [0.29, 0.717) is 19.6 Å². The van der Waals surface area contributed by atoms with Crippen LogP contribution in [0.3, 0.4) is 0 Å². The quantitative estimate of drug-likeness (QED) is 0.100. The third-order valence-electron chi connectivity index (χ3n) is 21.4. The van der Waals surface area contributed by atoms with Crippen LogP contribution in [0, 0.1) is 6.92 Å². The summed E-state index contributed by atoms with van der Waals surface area (Å²) >= 11 is 0. The number of anilines is 2. The molecule has 2 unspecified atom stereocenters. The number of carbonyl (C=O) groups is 3. The number of likely N-dealkylation sites (tertiary alicyclic amines) is 4. The molecule has 12 heterocycles. The maximum atomic E-state index is 12.3. The molecule has 0 N–H and O–H groups in total. The van der Waals surface area contributed by atoms with Crippen molar-refractivity contribution in [2.45, 2.75) is 95.3 Å². The zero-order valence-electron chi connectivity index (χ0n) is 57.9. The second-order valence-corrected chi connectivity index (χ2v) is 27.7. The second-order valence-electron chi connectivity index (χ2n) is 27.7. The Morgan fingerprint density at radius 2 is 0.800 bits per heavy atom. The molecule has 6 aromatic heterocycles. The molecule has 0 spiro atoms. The number of piperazine rings is 1. The lowest BCUT2D eigenvalue weighted by atomic mass is 9.99. The highest BCUT2D eigenvalue weighted by Gasteiger charge is 2.32. The van der Waals surface area contributed by atoms with E-state index in [1.54, 1.807) is 6.20 Å². The second kappa shape index (κ2) is 30.6. The number of nitrogens with zero attached hydrogens (tertiary/aromatic N) is 16. The molecule has 6 aliphatic rings. The van der Waals surface area contributed by atoms with Crippen molar-refractivity contribution in [1.29, 1.82) is 0 Å². The fourth-order valence-corrected chi connectivity index (χ4v) is 15.8. The van der Waals surface area contributed by atoms with Crippen LogP contribution in [0.1, 0.15) is 87.9 Å². The van der Waals surface area contributed by atoms with Crippen molar-refractivity contribution in [1.82, 2.24) is 68.8 Å². The maximum Gasteiger partial charge on any atom is 0.246 e. The number of aromatic nitrogens is 9. The average molecular weight is 1340 g/mol. The Hall–Kier alpha value is -10.1. The topological polar surface area (TPSA) is 166 Å². The van der Waals surface area contributed by atoms with E-state index in [-0.39, 0.29) is 35.8 Å². The Balaban J connectivity index is 0.000000128. The van der Waals surface area contributed by atoms with Gasteiger partial charge in [-0.3, -0.25) is 43.4 Å². The summed E-state index contributed by atoms with van der Waals surface area (Å²) < 4.78 is 6.29. The van der Waals surface area contributed by atoms with Gasteiger partial charge < -0.3 is 34.3 Å². The number of likely N-dealkylation sites (N-methyl/N-ethyl adjacent to an activating group) is 1. The van der Waals surface area contributed by atoms with Gasteiger partial charge in [-0.2, -0.15) is 15.3 Å². The zero-order chi connectivity index (χ0) is 68.6. The monoisotopic (exact) mass is 1340 g/mol. The summed E-state index contributed by atoms with van der Waals surface area (Å²) in [6, 6.07) is 42.0. The first-order valence-electron chi connectivity index (χ1n) is 36.0. The molecule has 10 aromatic rings. The van der Waals surface area contributed by atoms with Gasteiger partial charge in [-0.15, -0.1) is 0 Å². The van der Waals surface area contributed by atoms with Crippen LogP contribution < -0.4 is 9.80 Å². The molecule has 0 radical (unpaired) electrons. The molecule has 19 heteroatoms. The van der Waals surface area contributed by atoms with Gasteiger partial charge in [0.05, 0.1) is 34.7 Å². The Labute approximate surface area is 586 Å². The molecular formula is C81H92N16O3. The van der Waals surface area contributed by atoms with Crippen molar-refractivity contribution >= 4 is 61.8 Å². The minimum atomic E-state index is -0.0208. The first kappa shape index (κ1) is 67.1. The SMILES string of the molecule is C=CC(=O)N1CCCC(n2nc(-c3ccc(N4CCC(N5CCCCC5)CC4)cc3)c3cnccc32)C1.C=CC(=O)N1CCCC(n2nc(-c3ccc(N4CCN(C)CC4)cc3)c3cnccc32)C1.C=CC(=O)N1CC[C@@H](n2nc(-c3ccc(-c4cccc(C)c4)cc3)c3cnccc32)C1. The molecule has 4 aromatic carbocycles. The van der Waals surface area contributed by atoms with E-state index >= 15 is 0 Å². The van der Waals surface area contributed by atoms with Crippen LogP contribution in [0.25, 0.3) is 77.6 Å². The van der Waals surface area contributed by atoms with Crippen molar-refractivity contribution in [3.05, 3.63) is 196 Å². The molecule has 3 amide bonds. The van der Waals surface area contributed by atoms with Crippen molar-refractivity contribution < 1.29 is 14.4 Å². The van der Waals surface area contributed by atoms with Crippen LogP contribution in [-0.2, 0) is 14.4 Å². The van der Waals surface area contributed by atoms with Gasteiger partial charge in [0.1, 0.15) is 17.1 Å². The van der Waals surface area contributed by atoms with Crippen LogP contribution in [0.4, 0.5) is 11.4 Å². The molecular weight excluding hydrogens is 1240 g/mol. The lowest BCUT2D eigenvalue weighted by molar-refractivity contribution is -0.128. The van der Waals surface area contributed by atoms with Crippen LogP contribution in [-0.4, -0.2) is 191 Å². The van der Waals surface area contributed by atoms with E-state index in [4.69, 9.17) is 15.3 Å². The van der Waals surface area contributed by atoms with Crippen molar-refractivity contribution in [3.8, 4) is 44.9 Å². The normalized spacial score (nSPS) is 19.5. The summed E-state index contributed by atoms with van der Waals surface area (Å²) in [4.78, 5) is 65.2. The highest BCUT2D eigenvalue weighted by atomic mass is 16.2. The predicted molar refractivity (Wildman–Crippen MR) is 400 cm³/mol. The van der Waals surface area contributed by atoms with E-state index in [2.05, 4.69) is 179 Å². The Kier molecular flexibility index (Phi) is 20.5. The third kappa shape index (κ3) is 14.5. The number of piperidine rings is 4. The number of rotatable bonds is 13. The lowest BCUT2D eigenvalue weighted by Gasteiger charge is -2.41. The summed E-state index contributed by atoms with van der Waals surface area (Å²) in [6.07, 6.45) is 26.8. The number of fused-ring (bicyclic) bond motifs is 3. The van der Waals surface area contributed by atoms with E-state index in [1.807, 2.05) is 63.9 Å². The molecule has 6 aliphatic heterocycles.